The number of likely N-dealkylation sites (N-methyl/N-ethyl adjacent to an activating group) is 1. The summed E-state index contributed by atoms with van der Waals surface area (Å²) in [5, 5.41) is 8.45. The number of nitrogens with zero attached hydrogens (tertiary/aromatic N) is 4. The van der Waals surface area contributed by atoms with Gasteiger partial charge in [-0.1, -0.05) is 35.5 Å². The van der Waals surface area contributed by atoms with Crippen LogP contribution < -0.4 is 4.74 Å². The maximum atomic E-state index is 12.7. The average Bonchev–Trinajstić information content (AvgIpc) is 3.28. The van der Waals surface area contributed by atoms with E-state index in [1.54, 1.807) is 35.8 Å². The van der Waals surface area contributed by atoms with Crippen molar-refractivity contribution in [3.63, 3.8) is 0 Å². The topological polar surface area (TPSA) is 86.5 Å². The van der Waals surface area contributed by atoms with Crippen molar-refractivity contribution >= 4 is 18.0 Å². The zero-order chi connectivity index (χ0) is 25.5. The number of esters is 1. The van der Waals surface area contributed by atoms with Crippen LogP contribution in [-0.2, 0) is 27.9 Å². The van der Waals surface area contributed by atoms with Crippen LogP contribution in [-0.4, -0.2) is 52.0 Å². The predicted molar refractivity (Wildman–Crippen MR) is 137 cm³/mol. The molecule has 36 heavy (non-hydrogen) atoms. The molecule has 8 heteroatoms. The van der Waals surface area contributed by atoms with Gasteiger partial charge in [0.05, 0.1) is 24.8 Å². The van der Waals surface area contributed by atoms with E-state index in [2.05, 4.69) is 10.3 Å². The van der Waals surface area contributed by atoms with Gasteiger partial charge in [-0.3, -0.25) is 9.59 Å². The minimum Gasteiger partial charge on any atom is -0.490 e. The lowest BCUT2D eigenvalue weighted by Gasteiger charge is -2.28. The fourth-order valence-electron chi connectivity index (χ4n) is 4.49. The number of carbonyl (C=O) groups excluding carboxylic acids is 2. The number of hydrogen-bond acceptors (Lipinski definition) is 6. The molecule has 2 aromatic carbocycles. The van der Waals surface area contributed by atoms with Gasteiger partial charge in [-0.2, -0.15) is 0 Å². The number of methoxy groups -OCH3 is 1. The first kappa shape index (κ1) is 25.2. The SMILES string of the molecule is COC(=O)[C@H]1CCC[C@H](Oc2ccc(-c3nnn(C)c3/C=C/C(=O)N(C)Cc3ccccc3)cc2)C1. The van der Waals surface area contributed by atoms with Crippen LogP contribution in [0.4, 0.5) is 0 Å². The van der Waals surface area contributed by atoms with E-state index in [9.17, 15) is 9.59 Å². The van der Waals surface area contributed by atoms with E-state index in [1.165, 1.54) is 7.11 Å². The normalized spacial score (nSPS) is 17.6. The Morgan fingerprint density at radius 1 is 1.11 bits per heavy atom. The number of aromatic nitrogens is 3. The molecule has 0 radical (unpaired) electrons. The summed E-state index contributed by atoms with van der Waals surface area (Å²) in [6.07, 6.45) is 6.65. The van der Waals surface area contributed by atoms with E-state index in [1.807, 2.05) is 54.6 Å². The highest BCUT2D eigenvalue weighted by Gasteiger charge is 2.29. The number of amides is 1. The number of carbonyl (C=O) groups is 2. The van der Waals surface area contributed by atoms with Gasteiger partial charge < -0.3 is 14.4 Å². The van der Waals surface area contributed by atoms with Gasteiger partial charge >= 0.3 is 5.97 Å². The van der Waals surface area contributed by atoms with Crippen molar-refractivity contribution in [3.8, 4) is 17.0 Å². The van der Waals surface area contributed by atoms with Crippen molar-refractivity contribution in [1.29, 1.82) is 0 Å². The third-order valence-electron chi connectivity index (χ3n) is 6.48. The highest BCUT2D eigenvalue weighted by Crippen LogP contribution is 2.30. The Hall–Kier alpha value is -3.94. The van der Waals surface area contributed by atoms with Crippen LogP contribution in [0.5, 0.6) is 5.75 Å². The van der Waals surface area contributed by atoms with Crippen LogP contribution in [0.3, 0.4) is 0 Å². The Labute approximate surface area is 211 Å². The molecule has 0 bridgehead atoms. The van der Waals surface area contributed by atoms with Crippen LogP contribution in [0.15, 0.2) is 60.7 Å². The number of ether oxygens (including phenoxy) is 2. The third kappa shape index (κ3) is 6.19. The van der Waals surface area contributed by atoms with E-state index in [-0.39, 0.29) is 23.9 Å². The van der Waals surface area contributed by atoms with Crippen LogP contribution in [0, 0.1) is 5.92 Å². The standard InChI is InChI=1S/C28H32N4O4/c1-31(19-20-8-5-4-6-9-20)26(33)17-16-25-27(29-30-32(25)2)21-12-14-23(15-13-21)36-24-11-7-10-22(18-24)28(34)35-3/h4-6,8-9,12-17,22,24H,7,10-11,18-19H2,1-3H3/b17-16+/t22-,24-/m0/s1. The van der Waals surface area contributed by atoms with Crippen molar-refractivity contribution in [2.24, 2.45) is 13.0 Å². The third-order valence-corrected chi connectivity index (χ3v) is 6.48. The summed E-state index contributed by atoms with van der Waals surface area (Å²) in [7, 11) is 5.01. The predicted octanol–water partition coefficient (Wildman–Crippen LogP) is 4.26. The molecule has 188 valence electrons. The number of rotatable bonds is 8. The molecule has 0 spiro atoms. The molecule has 8 nitrogen and oxygen atoms in total. The van der Waals surface area contributed by atoms with Gasteiger partial charge in [0.25, 0.3) is 0 Å². The molecule has 1 aliphatic rings. The second kappa shape index (κ2) is 11.7. The van der Waals surface area contributed by atoms with Crippen LogP contribution in [0.1, 0.15) is 36.9 Å². The monoisotopic (exact) mass is 488 g/mol. The summed E-state index contributed by atoms with van der Waals surface area (Å²) in [6.45, 7) is 0.531. The first-order valence-corrected chi connectivity index (χ1v) is 12.2. The summed E-state index contributed by atoms with van der Waals surface area (Å²) in [6, 6.07) is 17.5. The van der Waals surface area contributed by atoms with Crippen molar-refractivity contribution in [3.05, 3.63) is 71.9 Å². The van der Waals surface area contributed by atoms with E-state index in [0.29, 0.717) is 18.7 Å². The maximum Gasteiger partial charge on any atom is 0.308 e. The Kier molecular flexibility index (Phi) is 8.15. The molecule has 1 aliphatic carbocycles. The summed E-state index contributed by atoms with van der Waals surface area (Å²) >= 11 is 0. The molecule has 1 heterocycles. The molecule has 1 aromatic heterocycles. The van der Waals surface area contributed by atoms with Crippen molar-refractivity contribution < 1.29 is 19.1 Å². The van der Waals surface area contributed by atoms with Crippen LogP contribution >= 0.6 is 0 Å². The fraction of sp³-hybridized carbons (Fsp3) is 0.357. The molecule has 0 aliphatic heterocycles. The van der Waals surface area contributed by atoms with Gasteiger partial charge in [-0.05, 0) is 61.6 Å². The summed E-state index contributed by atoms with van der Waals surface area (Å²) in [4.78, 5) is 26.2. The summed E-state index contributed by atoms with van der Waals surface area (Å²) in [5.41, 5.74) is 3.36. The van der Waals surface area contributed by atoms with Gasteiger partial charge in [0.2, 0.25) is 5.91 Å². The second-order valence-corrected chi connectivity index (χ2v) is 9.11. The van der Waals surface area contributed by atoms with Gasteiger partial charge in [0, 0.05) is 32.3 Å². The van der Waals surface area contributed by atoms with Crippen molar-refractivity contribution in [1.82, 2.24) is 19.9 Å². The number of aryl methyl sites for hydroxylation is 1. The molecule has 0 saturated heterocycles. The largest absolute Gasteiger partial charge is 0.490 e. The Bertz CT molecular complexity index is 1200. The second-order valence-electron chi connectivity index (χ2n) is 9.11. The van der Waals surface area contributed by atoms with E-state index in [0.717, 1.165) is 41.8 Å². The average molecular weight is 489 g/mol. The number of benzene rings is 2. The summed E-state index contributed by atoms with van der Waals surface area (Å²) in [5.74, 6) is 0.378. The first-order chi connectivity index (χ1) is 17.4. The minimum atomic E-state index is -0.161. The molecular formula is C28H32N4O4. The highest BCUT2D eigenvalue weighted by atomic mass is 16.5. The fourth-order valence-corrected chi connectivity index (χ4v) is 4.49. The van der Waals surface area contributed by atoms with Gasteiger partial charge in [-0.15, -0.1) is 5.10 Å². The lowest BCUT2D eigenvalue weighted by atomic mass is 9.87. The zero-order valence-corrected chi connectivity index (χ0v) is 21.0. The Morgan fingerprint density at radius 3 is 2.58 bits per heavy atom. The molecule has 1 fully saturated rings. The lowest BCUT2D eigenvalue weighted by Crippen LogP contribution is -2.30. The van der Waals surface area contributed by atoms with Gasteiger partial charge in [0.1, 0.15) is 11.4 Å². The van der Waals surface area contributed by atoms with Crippen molar-refractivity contribution in [2.75, 3.05) is 14.2 Å². The number of hydrogen-bond donors (Lipinski definition) is 0. The first-order valence-electron chi connectivity index (χ1n) is 12.2. The Balaban J connectivity index is 1.41. The summed E-state index contributed by atoms with van der Waals surface area (Å²) < 4.78 is 12.7. The van der Waals surface area contributed by atoms with Gasteiger partial charge in [-0.25, -0.2) is 4.68 Å². The lowest BCUT2D eigenvalue weighted by molar-refractivity contribution is -0.147. The quantitative estimate of drug-likeness (QED) is 0.348. The van der Waals surface area contributed by atoms with Crippen molar-refractivity contribution in [2.45, 2.75) is 38.3 Å². The van der Waals surface area contributed by atoms with Crippen LogP contribution in [0.25, 0.3) is 17.3 Å². The molecule has 1 amide bonds. The van der Waals surface area contributed by atoms with Crippen LogP contribution in [0.2, 0.25) is 0 Å². The van der Waals surface area contributed by atoms with E-state index in [4.69, 9.17) is 9.47 Å². The zero-order valence-electron chi connectivity index (χ0n) is 21.0. The molecule has 1 saturated carbocycles. The van der Waals surface area contributed by atoms with E-state index >= 15 is 0 Å². The molecule has 2 atom stereocenters. The maximum absolute atomic E-state index is 12.7. The van der Waals surface area contributed by atoms with Gasteiger partial charge in [0.15, 0.2) is 0 Å². The smallest absolute Gasteiger partial charge is 0.308 e. The highest BCUT2D eigenvalue weighted by molar-refractivity contribution is 5.92. The molecule has 4 rings (SSSR count). The minimum absolute atomic E-state index is 0.0115. The molecular weight excluding hydrogens is 456 g/mol. The molecule has 3 aromatic rings. The molecule has 0 N–H and O–H groups in total. The molecule has 0 unspecified atom stereocenters. The van der Waals surface area contributed by atoms with E-state index < -0.39 is 0 Å². The Morgan fingerprint density at radius 2 is 1.86 bits per heavy atom.